The Hall–Kier alpha value is -3.95. The van der Waals surface area contributed by atoms with Crippen molar-refractivity contribution >= 4 is 29.6 Å². The van der Waals surface area contributed by atoms with E-state index in [1.165, 1.54) is 24.5 Å². The van der Waals surface area contributed by atoms with Crippen LogP contribution in [0.4, 0.5) is 0 Å². The number of carbonyl (C=O) groups is 5. The summed E-state index contributed by atoms with van der Waals surface area (Å²) in [6.45, 7) is 1.33. The molecule has 1 aliphatic heterocycles. The summed E-state index contributed by atoms with van der Waals surface area (Å²) in [4.78, 5) is 61.3. The summed E-state index contributed by atoms with van der Waals surface area (Å²) in [7, 11) is 0. The lowest BCUT2D eigenvalue weighted by Gasteiger charge is -2.11. The van der Waals surface area contributed by atoms with Crippen molar-refractivity contribution in [3.05, 3.63) is 59.0 Å². The molecule has 0 saturated heterocycles. The van der Waals surface area contributed by atoms with Gasteiger partial charge in [0.2, 0.25) is 5.91 Å². The van der Waals surface area contributed by atoms with Crippen molar-refractivity contribution in [2.45, 2.75) is 13.5 Å². The monoisotopic (exact) mass is 413 g/mol. The van der Waals surface area contributed by atoms with Gasteiger partial charge in [-0.2, -0.15) is 0 Å². The Kier molecular flexibility index (Phi) is 6.26. The van der Waals surface area contributed by atoms with Gasteiger partial charge in [-0.15, -0.1) is 0 Å². The summed E-state index contributed by atoms with van der Waals surface area (Å²) in [5.41, 5.74) is 0.260. The normalized spacial score (nSPS) is 12.5. The first-order valence-electron chi connectivity index (χ1n) is 9.13. The van der Waals surface area contributed by atoms with Gasteiger partial charge in [-0.3, -0.25) is 24.1 Å². The number of imide groups is 1. The minimum atomic E-state index is -0.837. The van der Waals surface area contributed by atoms with Crippen molar-refractivity contribution in [3.8, 4) is 0 Å². The van der Waals surface area contributed by atoms with Gasteiger partial charge in [0, 0.05) is 6.54 Å². The van der Waals surface area contributed by atoms with Crippen LogP contribution in [0.2, 0.25) is 0 Å². The third-order valence-corrected chi connectivity index (χ3v) is 4.25. The Bertz CT molecular complexity index is 998. The van der Waals surface area contributed by atoms with Gasteiger partial charge in [-0.25, -0.2) is 4.79 Å². The zero-order chi connectivity index (χ0) is 21.7. The molecule has 0 saturated carbocycles. The summed E-state index contributed by atoms with van der Waals surface area (Å²) in [5, 5.41) is 4.82. The van der Waals surface area contributed by atoms with Crippen LogP contribution < -0.4 is 10.6 Å². The molecule has 0 radical (unpaired) electrons. The number of esters is 1. The van der Waals surface area contributed by atoms with Crippen LogP contribution in [0.3, 0.4) is 0 Å². The third kappa shape index (κ3) is 4.54. The molecule has 10 nitrogen and oxygen atoms in total. The van der Waals surface area contributed by atoms with Gasteiger partial charge in [0.05, 0.1) is 36.0 Å². The number of hydrogen-bond donors (Lipinski definition) is 2. The van der Waals surface area contributed by atoms with Gasteiger partial charge in [-0.1, -0.05) is 0 Å². The highest BCUT2D eigenvalue weighted by atomic mass is 16.5. The Labute approximate surface area is 171 Å². The smallest absolute Gasteiger partial charge is 0.338 e. The van der Waals surface area contributed by atoms with Gasteiger partial charge in [0.1, 0.15) is 5.76 Å². The standard InChI is InChI=1S/C20H19N3O7/c1-2-21-16(24)9-22-17(25)11-30-20(28)12-5-6-14-15(8-12)19(27)23(18(14)26)10-13-4-3-7-29-13/h3-8H,2,9-11H2,1H3,(H,21,24)(H,22,25). The van der Waals surface area contributed by atoms with Crippen molar-refractivity contribution < 1.29 is 33.1 Å². The zero-order valence-corrected chi connectivity index (χ0v) is 16.1. The van der Waals surface area contributed by atoms with E-state index in [2.05, 4.69) is 10.6 Å². The Morgan fingerprint density at radius 2 is 1.80 bits per heavy atom. The predicted molar refractivity (Wildman–Crippen MR) is 101 cm³/mol. The predicted octanol–water partition coefficient (Wildman–Crippen LogP) is 0.485. The molecule has 156 valence electrons. The highest BCUT2D eigenvalue weighted by molar-refractivity contribution is 6.21. The quantitative estimate of drug-likeness (QED) is 0.475. The van der Waals surface area contributed by atoms with Gasteiger partial charge in [-0.05, 0) is 37.3 Å². The van der Waals surface area contributed by atoms with Crippen LogP contribution in [0.5, 0.6) is 0 Å². The van der Waals surface area contributed by atoms with Crippen LogP contribution in [-0.4, -0.2) is 54.2 Å². The van der Waals surface area contributed by atoms with Crippen molar-refractivity contribution in [1.82, 2.24) is 15.5 Å². The fraction of sp³-hybridized carbons (Fsp3) is 0.250. The second-order valence-electron chi connectivity index (χ2n) is 6.34. The first-order chi connectivity index (χ1) is 14.4. The van der Waals surface area contributed by atoms with E-state index in [4.69, 9.17) is 9.15 Å². The van der Waals surface area contributed by atoms with Gasteiger partial charge >= 0.3 is 5.97 Å². The van der Waals surface area contributed by atoms with E-state index in [1.807, 2.05) is 0 Å². The summed E-state index contributed by atoms with van der Waals surface area (Å²) >= 11 is 0. The van der Waals surface area contributed by atoms with Crippen LogP contribution in [0.15, 0.2) is 41.0 Å². The molecule has 0 aliphatic carbocycles. The van der Waals surface area contributed by atoms with Gasteiger partial charge in [0.15, 0.2) is 6.61 Å². The molecule has 0 atom stereocenters. The van der Waals surface area contributed by atoms with E-state index < -0.39 is 30.3 Å². The molecule has 4 amide bonds. The fourth-order valence-corrected chi connectivity index (χ4v) is 2.82. The maximum absolute atomic E-state index is 12.6. The number of hydrogen-bond acceptors (Lipinski definition) is 7. The molecular weight excluding hydrogens is 394 g/mol. The molecule has 1 aromatic heterocycles. The lowest BCUT2D eigenvalue weighted by Crippen LogP contribution is -2.38. The molecule has 0 bridgehead atoms. The molecule has 30 heavy (non-hydrogen) atoms. The summed E-state index contributed by atoms with van der Waals surface area (Å²) in [6.07, 6.45) is 1.44. The number of amides is 4. The lowest BCUT2D eigenvalue weighted by atomic mass is 10.1. The van der Waals surface area contributed by atoms with Crippen LogP contribution >= 0.6 is 0 Å². The highest BCUT2D eigenvalue weighted by Gasteiger charge is 2.36. The molecule has 2 aromatic rings. The average molecular weight is 413 g/mol. The Balaban J connectivity index is 1.60. The Morgan fingerprint density at radius 1 is 1.03 bits per heavy atom. The SMILES string of the molecule is CCNC(=O)CNC(=O)COC(=O)c1ccc2c(c1)C(=O)N(Cc1ccco1)C2=O. The summed E-state index contributed by atoms with van der Waals surface area (Å²) < 4.78 is 10.1. The molecule has 3 rings (SSSR count). The Morgan fingerprint density at radius 3 is 2.50 bits per heavy atom. The van der Waals surface area contributed by atoms with Gasteiger partial charge in [0.25, 0.3) is 17.7 Å². The number of fused-ring (bicyclic) bond motifs is 1. The number of carbonyl (C=O) groups excluding carboxylic acids is 5. The number of benzene rings is 1. The van der Waals surface area contributed by atoms with E-state index >= 15 is 0 Å². The van der Waals surface area contributed by atoms with Crippen molar-refractivity contribution in [2.75, 3.05) is 19.7 Å². The molecule has 2 N–H and O–H groups in total. The average Bonchev–Trinajstić information content (AvgIpc) is 3.33. The molecule has 1 aromatic carbocycles. The minimum Gasteiger partial charge on any atom is -0.467 e. The molecule has 2 heterocycles. The first-order valence-corrected chi connectivity index (χ1v) is 9.13. The topological polar surface area (TPSA) is 135 Å². The van der Waals surface area contributed by atoms with Crippen molar-refractivity contribution in [1.29, 1.82) is 0 Å². The molecule has 0 spiro atoms. The van der Waals surface area contributed by atoms with E-state index in [1.54, 1.807) is 19.1 Å². The maximum Gasteiger partial charge on any atom is 0.338 e. The summed E-state index contributed by atoms with van der Waals surface area (Å²) in [6, 6.07) is 7.25. The van der Waals surface area contributed by atoms with Crippen LogP contribution in [0.1, 0.15) is 43.8 Å². The largest absolute Gasteiger partial charge is 0.467 e. The second kappa shape index (κ2) is 9.03. The van der Waals surface area contributed by atoms with E-state index in [0.29, 0.717) is 12.3 Å². The first kappa shape index (κ1) is 20.8. The highest BCUT2D eigenvalue weighted by Crippen LogP contribution is 2.26. The van der Waals surface area contributed by atoms with Crippen molar-refractivity contribution in [2.24, 2.45) is 0 Å². The molecular formula is C20H19N3O7. The third-order valence-electron chi connectivity index (χ3n) is 4.25. The van der Waals surface area contributed by atoms with Crippen LogP contribution in [0, 0.1) is 0 Å². The lowest BCUT2D eigenvalue weighted by molar-refractivity contribution is -0.127. The molecule has 1 aliphatic rings. The molecule has 0 fully saturated rings. The minimum absolute atomic E-state index is 0.0197. The number of likely N-dealkylation sites (N-methyl/N-ethyl adjacent to an activating group) is 1. The van der Waals surface area contributed by atoms with E-state index in [9.17, 15) is 24.0 Å². The zero-order valence-electron chi connectivity index (χ0n) is 16.1. The number of nitrogens with one attached hydrogen (secondary N) is 2. The fourth-order valence-electron chi connectivity index (χ4n) is 2.82. The molecule has 0 unspecified atom stereocenters. The van der Waals surface area contributed by atoms with E-state index in [0.717, 1.165) is 4.90 Å². The van der Waals surface area contributed by atoms with Crippen LogP contribution in [-0.2, 0) is 20.9 Å². The van der Waals surface area contributed by atoms with Gasteiger partial charge < -0.3 is 19.8 Å². The maximum atomic E-state index is 12.6. The summed E-state index contributed by atoms with van der Waals surface area (Å²) in [5.74, 6) is -2.44. The number of furan rings is 1. The van der Waals surface area contributed by atoms with Crippen LogP contribution in [0.25, 0.3) is 0 Å². The number of rotatable bonds is 8. The van der Waals surface area contributed by atoms with E-state index in [-0.39, 0.29) is 35.7 Å². The molecule has 10 heteroatoms. The van der Waals surface area contributed by atoms with Crippen molar-refractivity contribution in [3.63, 3.8) is 0 Å². The number of ether oxygens (including phenoxy) is 1. The second-order valence-corrected chi connectivity index (χ2v) is 6.34. The number of nitrogens with zero attached hydrogens (tertiary/aromatic N) is 1.